The highest BCUT2D eigenvalue weighted by Crippen LogP contribution is 2.14. The molecule has 0 aliphatic rings. The van der Waals surface area contributed by atoms with E-state index in [1.165, 1.54) is 6.07 Å². The number of ether oxygens (including phenoxy) is 1. The molecule has 0 bridgehead atoms. The number of esters is 1. The van der Waals surface area contributed by atoms with Crippen LogP contribution in [0.1, 0.15) is 23.9 Å². The topological polar surface area (TPSA) is 59.7 Å². The van der Waals surface area contributed by atoms with Gasteiger partial charge in [0.25, 0.3) is 0 Å². The Labute approximate surface area is 69.8 Å². The largest absolute Gasteiger partial charge is 0.505 e. The molecule has 66 valence electrons. The monoisotopic (exact) mass is 170 g/mol. The fourth-order valence-corrected chi connectivity index (χ4v) is 0.699. The smallest absolute Gasteiger partial charge is 0.374 e. The van der Waals surface area contributed by atoms with E-state index in [1.54, 1.807) is 0 Å². The minimum atomic E-state index is -0.544. The zero-order valence-electron chi connectivity index (χ0n) is 6.74. The van der Waals surface area contributed by atoms with Crippen LogP contribution in [-0.2, 0) is 4.74 Å². The van der Waals surface area contributed by atoms with Gasteiger partial charge >= 0.3 is 5.97 Å². The van der Waals surface area contributed by atoms with Gasteiger partial charge in [0.2, 0.25) is 5.76 Å². The summed E-state index contributed by atoms with van der Waals surface area (Å²) in [5, 5.41) is 8.83. The van der Waals surface area contributed by atoms with Gasteiger partial charge in [-0.3, -0.25) is 0 Å². The average molecular weight is 170 g/mol. The molecule has 0 saturated carbocycles. The molecule has 1 aromatic rings. The maximum atomic E-state index is 11.0. The first-order valence-corrected chi connectivity index (χ1v) is 3.68. The van der Waals surface area contributed by atoms with Gasteiger partial charge in [0.15, 0.2) is 5.75 Å². The molecular formula is C8H10O4. The van der Waals surface area contributed by atoms with Crippen molar-refractivity contribution in [2.75, 3.05) is 6.61 Å². The average Bonchev–Trinajstić information content (AvgIpc) is 2.47. The Balaban J connectivity index is 2.53. The van der Waals surface area contributed by atoms with Crippen molar-refractivity contribution in [3.05, 3.63) is 18.1 Å². The van der Waals surface area contributed by atoms with Crippen molar-refractivity contribution in [2.24, 2.45) is 0 Å². The lowest BCUT2D eigenvalue weighted by Crippen LogP contribution is -2.04. The third-order valence-corrected chi connectivity index (χ3v) is 1.22. The fourth-order valence-electron chi connectivity index (χ4n) is 0.699. The van der Waals surface area contributed by atoms with Crippen LogP contribution in [0.2, 0.25) is 0 Å². The lowest BCUT2D eigenvalue weighted by molar-refractivity contribution is 0.0469. The molecule has 0 spiro atoms. The molecule has 4 heteroatoms. The van der Waals surface area contributed by atoms with E-state index < -0.39 is 5.97 Å². The van der Waals surface area contributed by atoms with Crippen LogP contribution in [0.3, 0.4) is 0 Å². The lowest BCUT2D eigenvalue weighted by Gasteiger charge is -1.97. The standard InChI is InChI=1S/C8H10O4/c1-2-3-11-8(10)7-4-6(9)5-12-7/h4-5,9H,2-3H2,1H3. The summed E-state index contributed by atoms with van der Waals surface area (Å²) < 4.78 is 9.45. The van der Waals surface area contributed by atoms with Gasteiger partial charge in [-0.15, -0.1) is 0 Å². The second-order valence-electron chi connectivity index (χ2n) is 2.31. The molecule has 0 aliphatic heterocycles. The lowest BCUT2D eigenvalue weighted by atomic mass is 10.4. The summed E-state index contributed by atoms with van der Waals surface area (Å²) in [6.45, 7) is 2.26. The Bertz CT molecular complexity index is 264. The van der Waals surface area contributed by atoms with Gasteiger partial charge in [0.1, 0.15) is 6.26 Å². The van der Waals surface area contributed by atoms with Crippen LogP contribution in [0, 0.1) is 0 Å². The van der Waals surface area contributed by atoms with E-state index in [1.807, 2.05) is 6.92 Å². The fraction of sp³-hybridized carbons (Fsp3) is 0.375. The predicted octanol–water partition coefficient (Wildman–Crippen LogP) is 1.55. The molecule has 0 radical (unpaired) electrons. The van der Waals surface area contributed by atoms with Crippen molar-refractivity contribution < 1.29 is 19.1 Å². The van der Waals surface area contributed by atoms with Crippen molar-refractivity contribution in [2.45, 2.75) is 13.3 Å². The van der Waals surface area contributed by atoms with Crippen LogP contribution in [0.5, 0.6) is 5.75 Å². The number of hydrogen-bond donors (Lipinski definition) is 1. The Hall–Kier alpha value is -1.45. The van der Waals surface area contributed by atoms with Crippen LogP contribution in [0.4, 0.5) is 0 Å². The first-order chi connectivity index (χ1) is 5.74. The molecule has 1 heterocycles. The molecule has 0 fully saturated rings. The van der Waals surface area contributed by atoms with Gasteiger partial charge in [-0.25, -0.2) is 4.79 Å². The van der Waals surface area contributed by atoms with E-state index in [0.29, 0.717) is 6.61 Å². The molecule has 0 unspecified atom stereocenters. The van der Waals surface area contributed by atoms with Crippen LogP contribution in [0.15, 0.2) is 16.7 Å². The van der Waals surface area contributed by atoms with Crippen LogP contribution >= 0.6 is 0 Å². The zero-order valence-corrected chi connectivity index (χ0v) is 6.74. The summed E-state index contributed by atoms with van der Waals surface area (Å²) in [5.74, 6) is -0.587. The highest BCUT2D eigenvalue weighted by molar-refractivity contribution is 5.86. The van der Waals surface area contributed by atoms with Gasteiger partial charge in [-0.05, 0) is 6.42 Å². The van der Waals surface area contributed by atoms with Gasteiger partial charge in [0, 0.05) is 6.07 Å². The summed E-state index contributed by atoms with van der Waals surface area (Å²) >= 11 is 0. The van der Waals surface area contributed by atoms with Gasteiger partial charge in [-0.1, -0.05) is 6.92 Å². The quantitative estimate of drug-likeness (QED) is 0.699. The molecule has 0 aromatic carbocycles. The molecule has 0 amide bonds. The third-order valence-electron chi connectivity index (χ3n) is 1.22. The van der Waals surface area contributed by atoms with Crippen molar-refractivity contribution in [3.8, 4) is 5.75 Å². The van der Waals surface area contributed by atoms with Crippen LogP contribution in [0.25, 0.3) is 0 Å². The second-order valence-corrected chi connectivity index (χ2v) is 2.31. The Morgan fingerprint density at radius 3 is 3.00 bits per heavy atom. The molecule has 1 N–H and O–H groups in total. The number of rotatable bonds is 3. The first-order valence-electron chi connectivity index (χ1n) is 3.68. The highest BCUT2D eigenvalue weighted by atomic mass is 16.5. The molecule has 1 rings (SSSR count). The highest BCUT2D eigenvalue weighted by Gasteiger charge is 2.11. The van der Waals surface area contributed by atoms with Gasteiger partial charge < -0.3 is 14.3 Å². The molecule has 1 aromatic heterocycles. The van der Waals surface area contributed by atoms with E-state index in [-0.39, 0.29) is 11.5 Å². The number of furan rings is 1. The summed E-state index contributed by atoms with van der Waals surface area (Å²) in [6.07, 6.45) is 1.85. The Morgan fingerprint density at radius 2 is 2.50 bits per heavy atom. The summed E-state index contributed by atoms with van der Waals surface area (Å²) in [7, 11) is 0. The van der Waals surface area contributed by atoms with Crippen molar-refractivity contribution in [1.29, 1.82) is 0 Å². The number of carbonyl (C=O) groups excluding carboxylic acids is 1. The zero-order chi connectivity index (χ0) is 8.97. The maximum absolute atomic E-state index is 11.0. The minimum absolute atomic E-state index is 0.0287. The number of carbonyl (C=O) groups is 1. The second kappa shape index (κ2) is 3.80. The first kappa shape index (κ1) is 8.64. The molecule has 0 saturated heterocycles. The molecule has 4 nitrogen and oxygen atoms in total. The van der Waals surface area contributed by atoms with Crippen LogP contribution < -0.4 is 0 Å². The Kier molecular flexibility index (Phi) is 2.74. The predicted molar refractivity (Wildman–Crippen MR) is 40.9 cm³/mol. The van der Waals surface area contributed by atoms with E-state index >= 15 is 0 Å². The van der Waals surface area contributed by atoms with Crippen LogP contribution in [-0.4, -0.2) is 17.7 Å². The maximum Gasteiger partial charge on any atom is 0.374 e. The number of hydrogen-bond acceptors (Lipinski definition) is 4. The van der Waals surface area contributed by atoms with Gasteiger partial charge in [-0.2, -0.15) is 0 Å². The molecule has 0 aliphatic carbocycles. The summed E-state index contributed by atoms with van der Waals surface area (Å²) in [5.41, 5.74) is 0. The Morgan fingerprint density at radius 1 is 1.75 bits per heavy atom. The summed E-state index contributed by atoms with van der Waals surface area (Å²) in [6, 6.07) is 1.22. The number of aromatic hydroxyl groups is 1. The normalized spacial score (nSPS) is 9.75. The molecular weight excluding hydrogens is 160 g/mol. The van der Waals surface area contributed by atoms with Crippen molar-refractivity contribution in [1.82, 2.24) is 0 Å². The van der Waals surface area contributed by atoms with E-state index in [0.717, 1.165) is 12.7 Å². The van der Waals surface area contributed by atoms with E-state index in [9.17, 15) is 4.79 Å². The van der Waals surface area contributed by atoms with E-state index in [2.05, 4.69) is 0 Å². The van der Waals surface area contributed by atoms with E-state index in [4.69, 9.17) is 14.3 Å². The van der Waals surface area contributed by atoms with Gasteiger partial charge in [0.05, 0.1) is 6.61 Å². The molecule has 0 atom stereocenters. The SMILES string of the molecule is CCCOC(=O)c1cc(O)co1. The minimum Gasteiger partial charge on any atom is -0.505 e. The van der Waals surface area contributed by atoms with Crippen molar-refractivity contribution >= 4 is 5.97 Å². The summed E-state index contributed by atoms with van der Waals surface area (Å²) in [4.78, 5) is 11.0. The van der Waals surface area contributed by atoms with Crippen molar-refractivity contribution in [3.63, 3.8) is 0 Å². The molecule has 12 heavy (non-hydrogen) atoms. The third kappa shape index (κ3) is 2.02.